The van der Waals surface area contributed by atoms with E-state index < -0.39 is 0 Å². The van der Waals surface area contributed by atoms with Gasteiger partial charge in [-0.05, 0) is 47.3 Å². The van der Waals surface area contributed by atoms with E-state index in [1.807, 2.05) is 24.3 Å². The monoisotopic (exact) mass is 313 g/mol. The van der Waals surface area contributed by atoms with Crippen molar-refractivity contribution in [2.75, 3.05) is 0 Å². The van der Waals surface area contributed by atoms with Crippen LogP contribution < -0.4 is 0 Å². The minimum atomic E-state index is 0.285. The molecule has 0 fully saturated rings. The van der Waals surface area contributed by atoms with Crippen LogP contribution in [0.1, 0.15) is 11.3 Å². The number of aromatic nitrogens is 1. The zero-order chi connectivity index (χ0) is 13.2. The van der Waals surface area contributed by atoms with E-state index in [-0.39, 0.29) is 5.75 Å². The number of hydrogen-bond donors (Lipinski definition) is 1. The van der Waals surface area contributed by atoms with E-state index in [1.54, 1.807) is 18.3 Å². The van der Waals surface area contributed by atoms with Crippen molar-refractivity contribution in [2.24, 2.45) is 0 Å². The maximum absolute atomic E-state index is 9.52. The molecule has 2 nitrogen and oxygen atoms in total. The molecule has 3 heteroatoms. The molecule has 0 aliphatic heterocycles. The summed E-state index contributed by atoms with van der Waals surface area (Å²) in [5.41, 5.74) is 2.25. The minimum absolute atomic E-state index is 0.285. The van der Waals surface area contributed by atoms with Crippen LogP contribution in [0.4, 0.5) is 0 Å². The van der Waals surface area contributed by atoms with E-state index in [4.69, 9.17) is 0 Å². The lowest BCUT2D eigenvalue weighted by Gasteiger charge is -2.06. The summed E-state index contributed by atoms with van der Waals surface area (Å²) in [5.74, 6) is 0.285. The standard InChI is InChI=1S/C16H12BrNO/c17-13-3-1-11(2-4-13)9-16-15-6-5-14(19)10-12(15)7-8-18-16/h1-8,10,19H,9H2. The maximum Gasteiger partial charge on any atom is 0.116 e. The average Bonchev–Trinajstić information content (AvgIpc) is 2.41. The van der Waals surface area contributed by atoms with Crippen LogP contribution in [-0.4, -0.2) is 10.1 Å². The zero-order valence-electron chi connectivity index (χ0n) is 10.2. The first kappa shape index (κ1) is 12.2. The summed E-state index contributed by atoms with van der Waals surface area (Å²) in [6.07, 6.45) is 2.57. The van der Waals surface area contributed by atoms with E-state index in [0.717, 1.165) is 27.4 Å². The predicted molar refractivity (Wildman–Crippen MR) is 80.4 cm³/mol. The summed E-state index contributed by atoms with van der Waals surface area (Å²) in [6, 6.07) is 15.6. The van der Waals surface area contributed by atoms with Gasteiger partial charge in [0.25, 0.3) is 0 Å². The van der Waals surface area contributed by atoms with Crippen LogP contribution >= 0.6 is 15.9 Å². The van der Waals surface area contributed by atoms with Gasteiger partial charge in [-0.15, -0.1) is 0 Å². The number of hydrogen-bond acceptors (Lipinski definition) is 2. The Labute approximate surface area is 119 Å². The van der Waals surface area contributed by atoms with Gasteiger partial charge in [0.1, 0.15) is 5.75 Å². The van der Waals surface area contributed by atoms with E-state index in [0.29, 0.717) is 0 Å². The molecular formula is C16H12BrNO. The van der Waals surface area contributed by atoms with Gasteiger partial charge in [-0.1, -0.05) is 28.1 Å². The van der Waals surface area contributed by atoms with Crippen LogP contribution in [0, 0.1) is 0 Å². The molecule has 19 heavy (non-hydrogen) atoms. The van der Waals surface area contributed by atoms with Gasteiger partial charge in [0, 0.05) is 22.5 Å². The zero-order valence-corrected chi connectivity index (χ0v) is 11.8. The summed E-state index contributed by atoms with van der Waals surface area (Å²) < 4.78 is 1.08. The number of fused-ring (bicyclic) bond motifs is 1. The molecule has 0 saturated carbocycles. The summed E-state index contributed by atoms with van der Waals surface area (Å²) in [6.45, 7) is 0. The highest BCUT2D eigenvalue weighted by Gasteiger charge is 2.04. The van der Waals surface area contributed by atoms with Crippen molar-refractivity contribution < 1.29 is 5.11 Å². The highest BCUT2D eigenvalue weighted by molar-refractivity contribution is 9.10. The van der Waals surface area contributed by atoms with Crippen molar-refractivity contribution in [3.8, 4) is 5.75 Å². The molecule has 1 N–H and O–H groups in total. The highest BCUT2D eigenvalue weighted by Crippen LogP contribution is 2.23. The van der Waals surface area contributed by atoms with Crippen molar-refractivity contribution in [3.05, 3.63) is 70.5 Å². The summed E-state index contributed by atoms with van der Waals surface area (Å²) in [7, 11) is 0. The quantitative estimate of drug-likeness (QED) is 0.765. The Kier molecular flexibility index (Phi) is 3.22. The van der Waals surface area contributed by atoms with Gasteiger partial charge < -0.3 is 5.11 Å². The first-order chi connectivity index (χ1) is 9.22. The molecule has 0 spiro atoms. The van der Waals surface area contributed by atoms with Gasteiger partial charge in [-0.25, -0.2) is 0 Å². The molecule has 0 bridgehead atoms. The van der Waals surface area contributed by atoms with Gasteiger partial charge in [-0.3, -0.25) is 4.98 Å². The number of phenols is 1. The van der Waals surface area contributed by atoms with Crippen molar-refractivity contribution >= 4 is 26.7 Å². The molecule has 0 atom stereocenters. The Morgan fingerprint density at radius 3 is 2.58 bits per heavy atom. The molecule has 0 unspecified atom stereocenters. The molecule has 0 amide bonds. The summed E-state index contributed by atoms with van der Waals surface area (Å²) in [4.78, 5) is 4.46. The summed E-state index contributed by atoms with van der Waals surface area (Å²) in [5, 5.41) is 11.6. The smallest absolute Gasteiger partial charge is 0.116 e. The fraction of sp³-hybridized carbons (Fsp3) is 0.0625. The van der Waals surface area contributed by atoms with Crippen molar-refractivity contribution in [2.45, 2.75) is 6.42 Å². The lowest BCUT2D eigenvalue weighted by atomic mass is 10.0. The molecule has 3 rings (SSSR count). The van der Waals surface area contributed by atoms with Crippen LogP contribution in [0.15, 0.2) is 59.2 Å². The van der Waals surface area contributed by atoms with Crippen LogP contribution in [0.5, 0.6) is 5.75 Å². The van der Waals surface area contributed by atoms with E-state index >= 15 is 0 Å². The molecule has 0 aliphatic rings. The molecule has 0 aliphatic carbocycles. The fourth-order valence-electron chi connectivity index (χ4n) is 2.16. The Morgan fingerprint density at radius 1 is 1.00 bits per heavy atom. The van der Waals surface area contributed by atoms with E-state index in [1.165, 1.54) is 5.56 Å². The SMILES string of the molecule is Oc1ccc2c(Cc3ccc(Br)cc3)nccc2c1. The number of rotatable bonds is 2. The molecular weight excluding hydrogens is 302 g/mol. The molecule has 94 valence electrons. The topological polar surface area (TPSA) is 33.1 Å². The van der Waals surface area contributed by atoms with Crippen molar-refractivity contribution in [1.82, 2.24) is 4.98 Å². The minimum Gasteiger partial charge on any atom is -0.508 e. The number of benzene rings is 2. The maximum atomic E-state index is 9.52. The Balaban J connectivity index is 2.03. The van der Waals surface area contributed by atoms with Gasteiger partial charge in [-0.2, -0.15) is 0 Å². The van der Waals surface area contributed by atoms with Gasteiger partial charge in [0.15, 0.2) is 0 Å². The van der Waals surface area contributed by atoms with Gasteiger partial charge in [0.2, 0.25) is 0 Å². The van der Waals surface area contributed by atoms with E-state index in [9.17, 15) is 5.11 Å². The van der Waals surface area contributed by atoms with Gasteiger partial charge in [0.05, 0.1) is 5.69 Å². The number of halogens is 1. The molecule has 0 saturated heterocycles. The summed E-state index contributed by atoms with van der Waals surface area (Å²) >= 11 is 3.44. The van der Waals surface area contributed by atoms with Gasteiger partial charge >= 0.3 is 0 Å². The third kappa shape index (κ3) is 2.61. The molecule has 3 aromatic rings. The van der Waals surface area contributed by atoms with Crippen LogP contribution in [0.25, 0.3) is 10.8 Å². The first-order valence-corrected chi connectivity index (χ1v) is 6.83. The highest BCUT2D eigenvalue weighted by atomic mass is 79.9. The Hall–Kier alpha value is -1.87. The third-order valence-electron chi connectivity index (χ3n) is 3.12. The second kappa shape index (κ2) is 5.02. The third-order valence-corrected chi connectivity index (χ3v) is 3.64. The number of nitrogens with zero attached hydrogens (tertiary/aromatic N) is 1. The predicted octanol–water partition coefficient (Wildman–Crippen LogP) is 4.29. The second-order valence-corrected chi connectivity index (χ2v) is 5.38. The molecule has 0 radical (unpaired) electrons. The normalized spacial score (nSPS) is 10.8. The molecule has 2 aromatic carbocycles. The fourth-order valence-corrected chi connectivity index (χ4v) is 2.43. The molecule has 1 aromatic heterocycles. The second-order valence-electron chi connectivity index (χ2n) is 4.47. The van der Waals surface area contributed by atoms with Crippen LogP contribution in [-0.2, 0) is 6.42 Å². The first-order valence-electron chi connectivity index (χ1n) is 6.03. The average molecular weight is 314 g/mol. The van der Waals surface area contributed by atoms with E-state index in [2.05, 4.69) is 33.0 Å². The number of phenolic OH excluding ortho intramolecular Hbond substituents is 1. The van der Waals surface area contributed by atoms with Crippen LogP contribution in [0.3, 0.4) is 0 Å². The lowest BCUT2D eigenvalue weighted by Crippen LogP contribution is -1.93. The molecule has 1 heterocycles. The Morgan fingerprint density at radius 2 is 1.79 bits per heavy atom. The number of pyridine rings is 1. The Bertz CT molecular complexity index is 722. The van der Waals surface area contributed by atoms with Crippen molar-refractivity contribution in [3.63, 3.8) is 0 Å². The van der Waals surface area contributed by atoms with Crippen LogP contribution in [0.2, 0.25) is 0 Å². The van der Waals surface area contributed by atoms with Crippen molar-refractivity contribution in [1.29, 1.82) is 0 Å². The number of aromatic hydroxyl groups is 1. The lowest BCUT2D eigenvalue weighted by molar-refractivity contribution is 0.476. The largest absolute Gasteiger partial charge is 0.508 e.